The number of hydrogen-bond acceptors (Lipinski definition) is 3. The Bertz CT molecular complexity index is 834. The first-order chi connectivity index (χ1) is 13.5. The molecule has 2 saturated heterocycles. The van der Waals surface area contributed by atoms with Crippen LogP contribution in [-0.2, 0) is 9.59 Å². The molecule has 28 heavy (non-hydrogen) atoms. The smallest absolute Gasteiger partial charge is 0.229 e. The Morgan fingerprint density at radius 1 is 1.07 bits per heavy atom. The predicted molar refractivity (Wildman–Crippen MR) is 111 cm³/mol. The van der Waals surface area contributed by atoms with Crippen molar-refractivity contribution in [1.29, 1.82) is 0 Å². The van der Waals surface area contributed by atoms with Gasteiger partial charge in [0.1, 0.15) is 0 Å². The van der Waals surface area contributed by atoms with Gasteiger partial charge in [-0.3, -0.25) is 9.59 Å². The van der Waals surface area contributed by atoms with Crippen molar-refractivity contribution in [3.8, 4) is 0 Å². The lowest BCUT2D eigenvalue weighted by Gasteiger charge is -2.38. The molecule has 5 nitrogen and oxygen atoms in total. The molecule has 0 bridgehead atoms. The maximum Gasteiger partial charge on any atom is 0.229 e. The molecule has 5 heteroatoms. The first-order valence-electron chi connectivity index (χ1n) is 10.3. The van der Waals surface area contributed by atoms with Gasteiger partial charge in [-0.2, -0.15) is 0 Å². The van der Waals surface area contributed by atoms with Crippen molar-refractivity contribution in [2.24, 2.45) is 5.92 Å². The fourth-order valence-corrected chi connectivity index (χ4v) is 4.48. The first-order valence-corrected chi connectivity index (χ1v) is 10.3. The third-order valence-corrected chi connectivity index (χ3v) is 6.07. The predicted octanol–water partition coefficient (Wildman–Crippen LogP) is 3.03. The molecule has 0 radical (unpaired) electrons. The lowest BCUT2D eigenvalue weighted by atomic mass is 9.97. The summed E-state index contributed by atoms with van der Waals surface area (Å²) in [7, 11) is 0. The second kappa shape index (κ2) is 7.82. The number of benzene rings is 1. The maximum absolute atomic E-state index is 12.9. The molecule has 0 spiro atoms. The second-order valence-corrected chi connectivity index (χ2v) is 8.08. The van der Waals surface area contributed by atoms with Gasteiger partial charge in [0.25, 0.3) is 0 Å². The largest absolute Gasteiger partial charge is 0.368 e. The quantitative estimate of drug-likeness (QED) is 0.811. The zero-order chi connectivity index (χ0) is 19.7. The van der Waals surface area contributed by atoms with Crippen molar-refractivity contribution >= 4 is 17.5 Å². The van der Waals surface area contributed by atoms with E-state index in [0.29, 0.717) is 12.8 Å². The summed E-state index contributed by atoms with van der Waals surface area (Å²) in [5, 5.41) is 0. The number of carbonyl (C=O) groups excluding carboxylic acids is 2. The van der Waals surface area contributed by atoms with Crippen LogP contribution in [0.3, 0.4) is 0 Å². The average molecular weight is 380 g/mol. The van der Waals surface area contributed by atoms with Crippen LogP contribution in [0.5, 0.6) is 0 Å². The van der Waals surface area contributed by atoms with E-state index in [9.17, 15) is 9.59 Å². The molecule has 0 N–H and O–H groups in total. The van der Waals surface area contributed by atoms with Gasteiger partial charge in [0.05, 0.1) is 5.92 Å². The van der Waals surface area contributed by atoms with E-state index in [1.165, 1.54) is 16.8 Å². The number of amides is 2. The van der Waals surface area contributed by atoms with Gasteiger partial charge in [0.2, 0.25) is 11.8 Å². The van der Waals surface area contributed by atoms with E-state index in [0.717, 1.165) is 44.8 Å². The average Bonchev–Trinajstić information content (AvgIpc) is 3.14. The molecule has 4 rings (SSSR count). The molecule has 1 atom stereocenters. The Morgan fingerprint density at radius 3 is 2.46 bits per heavy atom. The Balaban J connectivity index is 1.33. The number of piperazine rings is 1. The molecular formula is C23H29N3O2. The van der Waals surface area contributed by atoms with Gasteiger partial charge in [-0.25, -0.2) is 0 Å². The SMILES string of the molecule is Cc1ccc(N2CCN(C(=O)C3C=CC(N4CCCC4=O)=CC3)CC2)c(C)c1. The molecule has 3 aliphatic rings. The molecule has 0 aromatic heterocycles. The summed E-state index contributed by atoms with van der Waals surface area (Å²) in [4.78, 5) is 31.1. The first kappa shape index (κ1) is 18.8. The Hall–Kier alpha value is -2.56. The van der Waals surface area contributed by atoms with Crippen molar-refractivity contribution in [2.45, 2.75) is 33.1 Å². The second-order valence-electron chi connectivity index (χ2n) is 8.08. The third-order valence-electron chi connectivity index (χ3n) is 6.07. The number of anilines is 1. The molecule has 2 amide bonds. The van der Waals surface area contributed by atoms with E-state index in [1.807, 2.05) is 22.0 Å². The minimum absolute atomic E-state index is 0.103. The number of allylic oxidation sites excluding steroid dienone is 2. The van der Waals surface area contributed by atoms with Gasteiger partial charge >= 0.3 is 0 Å². The fraction of sp³-hybridized carbons (Fsp3) is 0.478. The Labute approximate surface area is 167 Å². The Kier molecular flexibility index (Phi) is 5.25. The van der Waals surface area contributed by atoms with Gasteiger partial charge in [0.15, 0.2) is 0 Å². The molecule has 0 saturated carbocycles. The summed E-state index contributed by atoms with van der Waals surface area (Å²) in [5.41, 5.74) is 4.82. The van der Waals surface area contributed by atoms with Crippen LogP contribution in [0.15, 0.2) is 42.1 Å². The summed E-state index contributed by atoms with van der Waals surface area (Å²) >= 11 is 0. The summed E-state index contributed by atoms with van der Waals surface area (Å²) in [6.07, 6.45) is 8.25. The number of nitrogens with zero attached hydrogens (tertiary/aromatic N) is 3. The van der Waals surface area contributed by atoms with Crippen LogP contribution in [0.4, 0.5) is 5.69 Å². The lowest BCUT2D eigenvalue weighted by Crippen LogP contribution is -2.50. The number of hydrogen-bond donors (Lipinski definition) is 0. The maximum atomic E-state index is 12.9. The van der Waals surface area contributed by atoms with Gasteiger partial charge < -0.3 is 14.7 Å². The zero-order valence-corrected chi connectivity index (χ0v) is 16.9. The van der Waals surface area contributed by atoms with Crippen LogP contribution < -0.4 is 4.90 Å². The molecule has 2 aliphatic heterocycles. The van der Waals surface area contributed by atoms with E-state index in [4.69, 9.17) is 0 Å². The highest BCUT2D eigenvalue weighted by Crippen LogP contribution is 2.26. The van der Waals surface area contributed by atoms with Crippen molar-refractivity contribution in [3.63, 3.8) is 0 Å². The molecule has 2 fully saturated rings. The van der Waals surface area contributed by atoms with Crippen molar-refractivity contribution in [1.82, 2.24) is 9.80 Å². The summed E-state index contributed by atoms with van der Waals surface area (Å²) in [6, 6.07) is 6.56. The van der Waals surface area contributed by atoms with E-state index in [1.54, 1.807) is 0 Å². The standard InChI is InChI=1S/C23H29N3O2/c1-17-5-10-21(18(2)16-17)24-12-14-25(15-13-24)23(28)19-6-8-20(9-7-19)26-11-3-4-22(26)27/h5-6,8-10,16,19H,3-4,7,11-15H2,1-2H3. The van der Waals surface area contributed by atoms with Crippen molar-refractivity contribution < 1.29 is 9.59 Å². The van der Waals surface area contributed by atoms with Gasteiger partial charge in [-0.05, 0) is 44.4 Å². The summed E-state index contributed by atoms with van der Waals surface area (Å²) in [5.74, 6) is 0.303. The highest BCUT2D eigenvalue weighted by Gasteiger charge is 2.29. The molecule has 148 valence electrons. The molecule has 1 aromatic rings. The molecule has 1 unspecified atom stereocenters. The molecular weight excluding hydrogens is 350 g/mol. The Morgan fingerprint density at radius 2 is 1.86 bits per heavy atom. The van der Waals surface area contributed by atoms with Gasteiger partial charge in [0, 0.05) is 50.5 Å². The highest BCUT2D eigenvalue weighted by molar-refractivity contribution is 5.83. The van der Waals surface area contributed by atoms with E-state index < -0.39 is 0 Å². The normalized spacial score (nSPS) is 22.6. The molecule has 1 aliphatic carbocycles. The highest BCUT2D eigenvalue weighted by atomic mass is 16.2. The van der Waals surface area contributed by atoms with E-state index in [2.05, 4.69) is 43.0 Å². The molecule has 1 aromatic carbocycles. The molecule has 2 heterocycles. The summed E-state index contributed by atoms with van der Waals surface area (Å²) < 4.78 is 0. The number of aryl methyl sites for hydroxylation is 2. The lowest BCUT2D eigenvalue weighted by molar-refractivity contribution is -0.134. The van der Waals surface area contributed by atoms with Gasteiger partial charge in [-0.15, -0.1) is 0 Å². The number of likely N-dealkylation sites (tertiary alicyclic amines) is 1. The number of carbonyl (C=O) groups is 2. The van der Waals surface area contributed by atoms with Crippen molar-refractivity contribution in [2.75, 3.05) is 37.6 Å². The van der Waals surface area contributed by atoms with Crippen LogP contribution in [0.25, 0.3) is 0 Å². The topological polar surface area (TPSA) is 43.9 Å². The van der Waals surface area contributed by atoms with Crippen LogP contribution >= 0.6 is 0 Å². The summed E-state index contributed by atoms with van der Waals surface area (Å²) in [6.45, 7) is 8.33. The monoisotopic (exact) mass is 379 g/mol. The van der Waals surface area contributed by atoms with Crippen LogP contribution in [0.2, 0.25) is 0 Å². The third kappa shape index (κ3) is 3.71. The minimum Gasteiger partial charge on any atom is -0.368 e. The fourth-order valence-electron chi connectivity index (χ4n) is 4.48. The van der Waals surface area contributed by atoms with Crippen LogP contribution in [0.1, 0.15) is 30.4 Å². The van der Waals surface area contributed by atoms with E-state index in [-0.39, 0.29) is 17.7 Å². The van der Waals surface area contributed by atoms with Gasteiger partial charge in [-0.1, -0.05) is 29.8 Å². The van der Waals surface area contributed by atoms with Crippen LogP contribution in [0, 0.1) is 19.8 Å². The number of rotatable bonds is 3. The minimum atomic E-state index is -0.103. The van der Waals surface area contributed by atoms with Crippen LogP contribution in [-0.4, -0.2) is 54.3 Å². The van der Waals surface area contributed by atoms with Crippen molar-refractivity contribution in [3.05, 3.63) is 53.3 Å². The zero-order valence-electron chi connectivity index (χ0n) is 16.9. The van der Waals surface area contributed by atoms with E-state index >= 15 is 0 Å².